The molecule has 0 heterocycles. The molecule has 168 valence electrons. The molecule has 2 N–H and O–H groups in total. The standard InChI is InChI=1S/C22H44O5S/c1-2-3-4-5-6-7-8-9-10-11-12-13-14-15-16-17-18-19-20-21(22(23)24)28(25,26)27/h21H,2-20H2,1H3,(H,23,24)(H,25,26,27)/t21-/m0/s1. The number of unbranched alkanes of at least 4 members (excludes halogenated alkanes) is 17. The molecule has 0 aromatic heterocycles. The SMILES string of the molecule is CCCCCCCCCCCCCCCCCCCC[C@@H](C(=O)O)S(=O)(=O)O. The highest BCUT2D eigenvalue weighted by atomic mass is 32.2. The highest BCUT2D eigenvalue weighted by Crippen LogP contribution is 2.16. The fourth-order valence-electron chi connectivity index (χ4n) is 3.63. The molecule has 0 rings (SSSR count). The minimum absolute atomic E-state index is 0.00704. The summed E-state index contributed by atoms with van der Waals surface area (Å²) in [7, 11) is -4.49. The van der Waals surface area contributed by atoms with Crippen molar-refractivity contribution in [1.29, 1.82) is 0 Å². The van der Waals surface area contributed by atoms with E-state index in [0.29, 0.717) is 6.42 Å². The minimum Gasteiger partial charge on any atom is -0.480 e. The summed E-state index contributed by atoms with van der Waals surface area (Å²) in [5, 5.41) is 7.14. The first-order chi connectivity index (χ1) is 13.4. The van der Waals surface area contributed by atoms with Crippen molar-refractivity contribution in [2.45, 2.75) is 134 Å². The molecule has 0 aromatic carbocycles. The van der Waals surface area contributed by atoms with Gasteiger partial charge in [0.1, 0.15) is 0 Å². The van der Waals surface area contributed by atoms with Crippen LogP contribution in [0.3, 0.4) is 0 Å². The zero-order chi connectivity index (χ0) is 21.1. The Bertz CT molecular complexity index is 462. The molecule has 1 atom stereocenters. The van der Waals surface area contributed by atoms with Crippen LogP contribution in [0.2, 0.25) is 0 Å². The Labute approximate surface area is 173 Å². The largest absolute Gasteiger partial charge is 0.480 e. The summed E-state index contributed by atoms with van der Waals surface area (Å²) in [5.41, 5.74) is 0. The average molecular weight is 421 g/mol. The Kier molecular flexibility index (Phi) is 18.0. The summed E-state index contributed by atoms with van der Waals surface area (Å²) in [4.78, 5) is 10.8. The van der Waals surface area contributed by atoms with Gasteiger partial charge in [0.15, 0.2) is 5.25 Å². The maximum absolute atomic E-state index is 11.0. The molecule has 0 saturated heterocycles. The topological polar surface area (TPSA) is 91.7 Å². The van der Waals surface area contributed by atoms with E-state index in [1.165, 1.54) is 89.9 Å². The Morgan fingerprint density at radius 1 is 0.643 bits per heavy atom. The summed E-state index contributed by atoms with van der Waals surface area (Å²) in [5.74, 6) is -1.46. The van der Waals surface area contributed by atoms with Crippen molar-refractivity contribution in [2.75, 3.05) is 0 Å². The van der Waals surface area contributed by atoms with Gasteiger partial charge in [-0.1, -0.05) is 122 Å². The summed E-state index contributed by atoms with van der Waals surface area (Å²) >= 11 is 0. The number of carboxylic acid groups (broad SMARTS) is 1. The van der Waals surface area contributed by atoms with E-state index in [1.807, 2.05) is 0 Å². The second-order valence-corrected chi connectivity index (χ2v) is 9.74. The first-order valence-corrected chi connectivity index (χ1v) is 13.1. The monoisotopic (exact) mass is 420 g/mol. The number of aliphatic carboxylic acids is 1. The third kappa shape index (κ3) is 17.5. The molecule has 0 fully saturated rings. The van der Waals surface area contributed by atoms with Gasteiger partial charge in [0.05, 0.1) is 0 Å². The van der Waals surface area contributed by atoms with E-state index in [-0.39, 0.29) is 6.42 Å². The van der Waals surface area contributed by atoms with Crippen molar-refractivity contribution in [3.8, 4) is 0 Å². The Hall–Kier alpha value is -0.620. The molecule has 0 spiro atoms. The molecule has 6 heteroatoms. The van der Waals surface area contributed by atoms with Crippen LogP contribution in [0.25, 0.3) is 0 Å². The van der Waals surface area contributed by atoms with Crippen molar-refractivity contribution in [3.05, 3.63) is 0 Å². The lowest BCUT2D eigenvalue weighted by atomic mass is 10.0. The lowest BCUT2D eigenvalue weighted by Crippen LogP contribution is -2.29. The first kappa shape index (κ1) is 27.4. The van der Waals surface area contributed by atoms with Crippen LogP contribution in [0.15, 0.2) is 0 Å². The van der Waals surface area contributed by atoms with Gasteiger partial charge in [0.25, 0.3) is 10.1 Å². The van der Waals surface area contributed by atoms with Crippen LogP contribution in [0.5, 0.6) is 0 Å². The quantitative estimate of drug-likeness (QED) is 0.158. The predicted molar refractivity (Wildman–Crippen MR) is 116 cm³/mol. The van der Waals surface area contributed by atoms with E-state index in [4.69, 9.17) is 9.66 Å². The van der Waals surface area contributed by atoms with Gasteiger partial charge in [-0.05, 0) is 6.42 Å². The van der Waals surface area contributed by atoms with Crippen LogP contribution in [-0.4, -0.2) is 29.3 Å². The molecule has 0 aliphatic heterocycles. The van der Waals surface area contributed by atoms with Crippen LogP contribution >= 0.6 is 0 Å². The maximum Gasteiger partial charge on any atom is 0.324 e. The van der Waals surface area contributed by atoms with Crippen molar-refractivity contribution >= 4 is 16.1 Å². The number of hydrogen-bond acceptors (Lipinski definition) is 3. The van der Waals surface area contributed by atoms with Crippen LogP contribution in [0.4, 0.5) is 0 Å². The van der Waals surface area contributed by atoms with Gasteiger partial charge in [-0.2, -0.15) is 8.42 Å². The summed E-state index contributed by atoms with van der Waals surface area (Å²) < 4.78 is 30.8. The van der Waals surface area contributed by atoms with Gasteiger partial charge < -0.3 is 5.11 Å². The van der Waals surface area contributed by atoms with Gasteiger partial charge >= 0.3 is 5.97 Å². The summed E-state index contributed by atoms with van der Waals surface area (Å²) in [6.07, 6.45) is 22.3. The molecule has 0 saturated carbocycles. The fraction of sp³-hybridized carbons (Fsp3) is 0.955. The fourth-order valence-corrected chi connectivity index (χ4v) is 4.35. The van der Waals surface area contributed by atoms with Crippen molar-refractivity contribution in [2.24, 2.45) is 0 Å². The molecule has 0 aromatic rings. The molecule has 5 nitrogen and oxygen atoms in total. The van der Waals surface area contributed by atoms with E-state index in [0.717, 1.165) is 19.3 Å². The minimum atomic E-state index is -4.49. The molecular formula is C22H44O5S. The number of rotatable bonds is 21. The van der Waals surface area contributed by atoms with Crippen LogP contribution in [0.1, 0.15) is 129 Å². The number of hydrogen-bond donors (Lipinski definition) is 2. The lowest BCUT2D eigenvalue weighted by Gasteiger charge is -2.08. The number of carbonyl (C=O) groups is 1. The summed E-state index contributed by atoms with van der Waals surface area (Å²) in [6, 6.07) is 0. The highest BCUT2D eigenvalue weighted by molar-refractivity contribution is 7.87. The van der Waals surface area contributed by atoms with Gasteiger partial charge in [0.2, 0.25) is 0 Å². The summed E-state index contributed by atoms with van der Waals surface area (Å²) in [6.45, 7) is 2.26. The van der Waals surface area contributed by atoms with Gasteiger partial charge in [-0.25, -0.2) is 0 Å². The molecule has 0 unspecified atom stereocenters. The van der Waals surface area contributed by atoms with Gasteiger partial charge in [-0.3, -0.25) is 9.35 Å². The maximum atomic E-state index is 11.0. The van der Waals surface area contributed by atoms with Crippen molar-refractivity contribution in [1.82, 2.24) is 0 Å². The second kappa shape index (κ2) is 18.4. The predicted octanol–water partition coefficient (Wildman–Crippen LogP) is 6.76. The molecule has 28 heavy (non-hydrogen) atoms. The molecule has 0 aliphatic rings. The Morgan fingerprint density at radius 2 is 0.929 bits per heavy atom. The smallest absolute Gasteiger partial charge is 0.324 e. The molecule has 0 radical (unpaired) electrons. The number of carboxylic acids is 1. The first-order valence-electron chi connectivity index (χ1n) is 11.6. The van der Waals surface area contributed by atoms with Gasteiger partial charge in [-0.15, -0.1) is 0 Å². The van der Waals surface area contributed by atoms with E-state index >= 15 is 0 Å². The van der Waals surface area contributed by atoms with Gasteiger partial charge in [0, 0.05) is 0 Å². The molecule has 0 bridgehead atoms. The average Bonchev–Trinajstić information content (AvgIpc) is 2.62. The lowest BCUT2D eigenvalue weighted by molar-refractivity contribution is -0.136. The van der Waals surface area contributed by atoms with E-state index in [9.17, 15) is 13.2 Å². The zero-order valence-electron chi connectivity index (χ0n) is 18.0. The molecular weight excluding hydrogens is 376 g/mol. The van der Waals surface area contributed by atoms with Crippen LogP contribution < -0.4 is 0 Å². The Morgan fingerprint density at radius 3 is 1.18 bits per heavy atom. The third-order valence-electron chi connectivity index (χ3n) is 5.45. The van der Waals surface area contributed by atoms with Crippen LogP contribution in [0, 0.1) is 0 Å². The van der Waals surface area contributed by atoms with Crippen molar-refractivity contribution < 1.29 is 22.9 Å². The molecule has 0 amide bonds. The van der Waals surface area contributed by atoms with E-state index in [2.05, 4.69) is 6.92 Å². The second-order valence-electron chi connectivity index (χ2n) is 8.14. The molecule has 0 aliphatic carbocycles. The third-order valence-corrected chi connectivity index (χ3v) is 6.61. The Balaban J connectivity index is 3.29. The normalized spacial score (nSPS) is 12.9. The van der Waals surface area contributed by atoms with Crippen LogP contribution in [-0.2, 0) is 14.9 Å². The van der Waals surface area contributed by atoms with Crippen molar-refractivity contribution in [3.63, 3.8) is 0 Å². The highest BCUT2D eigenvalue weighted by Gasteiger charge is 2.29. The zero-order valence-corrected chi connectivity index (χ0v) is 18.9. The van der Waals surface area contributed by atoms with E-state index in [1.54, 1.807) is 0 Å². The van der Waals surface area contributed by atoms with E-state index < -0.39 is 21.3 Å².